The summed E-state index contributed by atoms with van der Waals surface area (Å²) in [6.45, 7) is 0.828. The molecular weight excluding hydrogens is 360 g/mol. The minimum atomic E-state index is -0.550. The average molecular weight is 386 g/mol. The molecule has 0 aliphatic rings. The van der Waals surface area contributed by atoms with Crippen molar-refractivity contribution >= 4 is 12.2 Å². The fourth-order valence-corrected chi connectivity index (χ4v) is 2.40. The third-order valence-electron chi connectivity index (χ3n) is 3.90. The molecule has 2 amide bonds. The summed E-state index contributed by atoms with van der Waals surface area (Å²) in [6.07, 6.45) is -0.391. The Morgan fingerprint density at radius 2 is 1.39 bits per heavy atom. The van der Waals surface area contributed by atoms with E-state index < -0.39 is 18.4 Å². The third-order valence-corrected chi connectivity index (χ3v) is 3.90. The van der Waals surface area contributed by atoms with Gasteiger partial charge in [-0.3, -0.25) is 5.32 Å². The van der Waals surface area contributed by atoms with Gasteiger partial charge in [0, 0.05) is 13.7 Å². The minimum absolute atomic E-state index is 0.192. The van der Waals surface area contributed by atoms with Crippen LogP contribution in [0.25, 0.3) is 0 Å². The first-order chi connectivity index (χ1) is 13.7. The van der Waals surface area contributed by atoms with Gasteiger partial charge in [-0.15, -0.1) is 0 Å². The lowest BCUT2D eigenvalue weighted by Crippen LogP contribution is -2.37. The number of alkyl carbamates (subject to hydrolysis) is 2. The SMILES string of the molecule is COC(CCCNC(=O)OCc1ccccc1)NC(=O)OCc1ccccc1. The summed E-state index contributed by atoms with van der Waals surface area (Å²) < 4.78 is 15.5. The number of amides is 2. The highest BCUT2D eigenvalue weighted by Crippen LogP contribution is 2.03. The van der Waals surface area contributed by atoms with Gasteiger partial charge in [0.05, 0.1) is 0 Å². The van der Waals surface area contributed by atoms with Crippen LogP contribution < -0.4 is 10.6 Å². The van der Waals surface area contributed by atoms with Gasteiger partial charge < -0.3 is 19.5 Å². The quantitative estimate of drug-likeness (QED) is 0.481. The Morgan fingerprint density at radius 1 is 0.857 bits per heavy atom. The van der Waals surface area contributed by atoms with Crippen molar-refractivity contribution in [2.75, 3.05) is 13.7 Å². The van der Waals surface area contributed by atoms with Gasteiger partial charge in [0.2, 0.25) is 0 Å². The van der Waals surface area contributed by atoms with E-state index in [0.29, 0.717) is 19.4 Å². The normalized spacial score (nSPS) is 11.3. The molecule has 2 aromatic rings. The first-order valence-corrected chi connectivity index (χ1v) is 9.12. The van der Waals surface area contributed by atoms with E-state index in [-0.39, 0.29) is 13.2 Å². The van der Waals surface area contributed by atoms with Gasteiger partial charge in [-0.1, -0.05) is 60.7 Å². The Hall–Kier alpha value is -3.06. The van der Waals surface area contributed by atoms with Crippen LogP contribution >= 0.6 is 0 Å². The Labute approximate surface area is 165 Å². The summed E-state index contributed by atoms with van der Waals surface area (Å²) in [6, 6.07) is 18.9. The Balaban J connectivity index is 1.57. The molecule has 0 aliphatic carbocycles. The van der Waals surface area contributed by atoms with Gasteiger partial charge >= 0.3 is 12.2 Å². The lowest BCUT2D eigenvalue weighted by molar-refractivity contribution is 0.0530. The average Bonchev–Trinajstić information content (AvgIpc) is 2.74. The molecule has 150 valence electrons. The highest BCUT2D eigenvalue weighted by atomic mass is 16.6. The fourth-order valence-electron chi connectivity index (χ4n) is 2.40. The summed E-state index contributed by atoms with van der Waals surface area (Å²) >= 11 is 0. The van der Waals surface area contributed by atoms with Gasteiger partial charge in [-0.05, 0) is 24.0 Å². The molecule has 0 saturated heterocycles. The van der Waals surface area contributed by atoms with Gasteiger partial charge in [0.15, 0.2) is 0 Å². The first-order valence-electron chi connectivity index (χ1n) is 9.12. The largest absolute Gasteiger partial charge is 0.445 e. The monoisotopic (exact) mass is 386 g/mol. The Morgan fingerprint density at radius 3 is 1.93 bits per heavy atom. The second kappa shape index (κ2) is 12.3. The summed E-state index contributed by atoms with van der Waals surface area (Å²) in [5.41, 5.74) is 1.83. The molecule has 0 bridgehead atoms. The van der Waals surface area contributed by atoms with Crippen molar-refractivity contribution in [2.24, 2.45) is 0 Å². The van der Waals surface area contributed by atoms with Crippen molar-refractivity contribution in [2.45, 2.75) is 32.3 Å². The number of methoxy groups -OCH3 is 1. The molecule has 28 heavy (non-hydrogen) atoms. The van der Waals surface area contributed by atoms with E-state index in [9.17, 15) is 9.59 Å². The van der Waals surface area contributed by atoms with Crippen LogP contribution in [0.3, 0.4) is 0 Å². The highest BCUT2D eigenvalue weighted by molar-refractivity contribution is 5.67. The molecule has 1 atom stereocenters. The van der Waals surface area contributed by atoms with Crippen molar-refractivity contribution in [3.8, 4) is 0 Å². The van der Waals surface area contributed by atoms with E-state index in [0.717, 1.165) is 11.1 Å². The molecule has 7 nitrogen and oxygen atoms in total. The standard InChI is InChI=1S/C21H26N2O5/c1-26-19(23-21(25)28-16-18-11-6-3-7-12-18)13-8-14-22-20(24)27-15-17-9-4-2-5-10-17/h2-7,9-12,19H,8,13-16H2,1H3,(H,22,24)(H,23,25). The van der Waals surface area contributed by atoms with Crippen molar-refractivity contribution < 1.29 is 23.8 Å². The van der Waals surface area contributed by atoms with Crippen molar-refractivity contribution in [3.63, 3.8) is 0 Å². The molecule has 0 radical (unpaired) electrons. The van der Waals surface area contributed by atoms with Crippen LogP contribution in [0.5, 0.6) is 0 Å². The van der Waals surface area contributed by atoms with Crippen LogP contribution in [0.1, 0.15) is 24.0 Å². The molecule has 0 spiro atoms. The lowest BCUT2D eigenvalue weighted by Gasteiger charge is -2.17. The smallest absolute Gasteiger partial charge is 0.409 e. The number of hydrogen-bond acceptors (Lipinski definition) is 5. The molecule has 0 fully saturated rings. The summed E-state index contributed by atoms with van der Waals surface area (Å²) in [5, 5.41) is 5.32. The third kappa shape index (κ3) is 8.55. The zero-order valence-corrected chi connectivity index (χ0v) is 15.9. The second-order valence-electron chi connectivity index (χ2n) is 6.06. The number of carbonyl (C=O) groups excluding carboxylic acids is 2. The molecule has 2 rings (SSSR count). The van der Waals surface area contributed by atoms with E-state index in [2.05, 4.69) is 10.6 Å². The number of nitrogens with one attached hydrogen (secondary N) is 2. The maximum Gasteiger partial charge on any atom is 0.409 e. The van der Waals surface area contributed by atoms with Crippen LogP contribution in [-0.4, -0.2) is 32.1 Å². The van der Waals surface area contributed by atoms with Crippen molar-refractivity contribution in [1.82, 2.24) is 10.6 Å². The lowest BCUT2D eigenvalue weighted by atomic mass is 10.2. The maximum atomic E-state index is 11.8. The molecular formula is C21H26N2O5. The van der Waals surface area contributed by atoms with Gasteiger partial charge in [-0.2, -0.15) is 0 Å². The van der Waals surface area contributed by atoms with Crippen LogP contribution in [0.2, 0.25) is 0 Å². The van der Waals surface area contributed by atoms with E-state index >= 15 is 0 Å². The molecule has 0 aromatic heterocycles. The van der Waals surface area contributed by atoms with Crippen molar-refractivity contribution in [1.29, 1.82) is 0 Å². The van der Waals surface area contributed by atoms with Gasteiger partial charge in [0.1, 0.15) is 19.4 Å². The molecule has 2 N–H and O–H groups in total. The first kappa shape index (κ1) is 21.2. The van der Waals surface area contributed by atoms with E-state index in [4.69, 9.17) is 14.2 Å². The topological polar surface area (TPSA) is 85.9 Å². The number of ether oxygens (including phenoxy) is 3. The molecule has 0 saturated carbocycles. The van der Waals surface area contributed by atoms with Crippen LogP contribution in [0.4, 0.5) is 9.59 Å². The minimum Gasteiger partial charge on any atom is -0.445 e. The fraction of sp³-hybridized carbons (Fsp3) is 0.333. The zero-order valence-electron chi connectivity index (χ0n) is 15.9. The van der Waals surface area contributed by atoms with E-state index in [1.165, 1.54) is 7.11 Å². The highest BCUT2D eigenvalue weighted by Gasteiger charge is 2.12. The van der Waals surface area contributed by atoms with E-state index in [1.54, 1.807) is 0 Å². The predicted octanol–water partition coefficient (Wildman–Crippen LogP) is 3.59. The predicted molar refractivity (Wildman–Crippen MR) is 104 cm³/mol. The van der Waals surface area contributed by atoms with Gasteiger partial charge in [-0.25, -0.2) is 9.59 Å². The summed E-state index contributed by atoms with van der Waals surface area (Å²) in [4.78, 5) is 23.5. The van der Waals surface area contributed by atoms with Gasteiger partial charge in [0.25, 0.3) is 0 Å². The summed E-state index contributed by atoms with van der Waals surface area (Å²) in [7, 11) is 1.50. The summed E-state index contributed by atoms with van der Waals surface area (Å²) in [5.74, 6) is 0. The maximum absolute atomic E-state index is 11.8. The molecule has 2 aromatic carbocycles. The number of carbonyl (C=O) groups is 2. The van der Waals surface area contributed by atoms with Crippen LogP contribution in [0, 0.1) is 0 Å². The Bertz CT molecular complexity index is 709. The van der Waals surface area contributed by atoms with Crippen LogP contribution in [-0.2, 0) is 27.4 Å². The number of benzene rings is 2. The Kier molecular flexibility index (Phi) is 9.37. The second-order valence-corrected chi connectivity index (χ2v) is 6.06. The molecule has 7 heteroatoms. The van der Waals surface area contributed by atoms with E-state index in [1.807, 2.05) is 60.7 Å². The number of rotatable bonds is 10. The van der Waals surface area contributed by atoms with Crippen LogP contribution in [0.15, 0.2) is 60.7 Å². The molecule has 0 heterocycles. The molecule has 0 aliphatic heterocycles. The number of hydrogen-bond donors (Lipinski definition) is 2. The zero-order chi connectivity index (χ0) is 20.0. The molecule has 1 unspecified atom stereocenters. The van der Waals surface area contributed by atoms with Crippen molar-refractivity contribution in [3.05, 3.63) is 71.8 Å².